The first-order valence-electron chi connectivity index (χ1n) is 13.4. The molecule has 4 aromatic rings. The third-order valence-electron chi connectivity index (χ3n) is 6.62. The fraction of sp³-hybridized carbons (Fsp3) is 0.379. The second-order valence-corrected chi connectivity index (χ2v) is 13.4. The first-order chi connectivity index (χ1) is 19.5. The highest BCUT2D eigenvalue weighted by Gasteiger charge is 2.16. The van der Waals surface area contributed by atoms with Crippen LogP contribution in [0.1, 0.15) is 44.2 Å². The maximum atomic E-state index is 12.6. The molecular formula is C29H31BrN4O4S2. The van der Waals surface area contributed by atoms with Crippen molar-refractivity contribution >= 4 is 54.4 Å². The molecule has 2 aromatic heterocycles. The van der Waals surface area contributed by atoms with Crippen LogP contribution in [-0.4, -0.2) is 38.5 Å². The molecule has 1 atom stereocenters. The number of unbranched alkanes of at least 4 members (excludes halogenated alkanes) is 1. The van der Waals surface area contributed by atoms with Crippen molar-refractivity contribution in [3.63, 3.8) is 0 Å². The minimum atomic E-state index is -0.386. The largest absolute Gasteiger partial charge is 0.493 e. The zero-order chi connectivity index (χ0) is 27.7. The Hall–Kier alpha value is -2.76. The predicted molar refractivity (Wildman–Crippen MR) is 165 cm³/mol. The van der Waals surface area contributed by atoms with Gasteiger partial charge in [0, 0.05) is 46.3 Å². The van der Waals surface area contributed by atoms with Crippen LogP contribution in [0.15, 0.2) is 68.4 Å². The number of rotatable bonds is 13. The highest BCUT2D eigenvalue weighted by atomic mass is 79.9. The van der Waals surface area contributed by atoms with E-state index in [0.717, 1.165) is 45.6 Å². The van der Waals surface area contributed by atoms with Crippen molar-refractivity contribution in [2.75, 3.05) is 12.4 Å². The summed E-state index contributed by atoms with van der Waals surface area (Å²) in [5.74, 6) is 1.95. The molecule has 40 heavy (non-hydrogen) atoms. The summed E-state index contributed by atoms with van der Waals surface area (Å²) in [5, 5.41) is 12.8. The number of halogens is 1. The summed E-state index contributed by atoms with van der Waals surface area (Å²) in [6.45, 7) is 1.49. The molecule has 0 spiro atoms. The molecule has 11 heteroatoms. The Bertz CT molecular complexity index is 1490. The van der Waals surface area contributed by atoms with E-state index in [2.05, 4.69) is 31.6 Å². The number of hydrogen-bond donors (Lipinski definition) is 1. The van der Waals surface area contributed by atoms with Crippen molar-refractivity contribution in [1.29, 1.82) is 0 Å². The van der Waals surface area contributed by atoms with E-state index in [1.807, 2.05) is 70.2 Å². The molecule has 0 aliphatic carbocycles. The Morgan fingerprint density at radius 1 is 1.15 bits per heavy atom. The number of amides is 1. The molecule has 1 N–H and O–H groups in total. The molecule has 0 radical (unpaired) electrons. The number of aromatic nitrogens is 3. The Morgan fingerprint density at radius 2 is 2.02 bits per heavy atom. The molecule has 8 nitrogen and oxygen atoms in total. The van der Waals surface area contributed by atoms with Gasteiger partial charge in [-0.2, -0.15) is 0 Å². The maximum absolute atomic E-state index is 12.6. The van der Waals surface area contributed by atoms with Crippen LogP contribution in [0, 0.1) is 0 Å². The number of fused-ring (bicyclic) bond motifs is 1. The van der Waals surface area contributed by atoms with Gasteiger partial charge in [-0.15, -0.1) is 5.10 Å². The van der Waals surface area contributed by atoms with Crippen LogP contribution in [0.25, 0.3) is 22.1 Å². The van der Waals surface area contributed by atoms with E-state index in [0.29, 0.717) is 43.0 Å². The van der Waals surface area contributed by atoms with E-state index in [1.165, 1.54) is 18.6 Å². The molecule has 1 amide bonds. The molecular weight excluding hydrogens is 612 g/mol. The fourth-order valence-electron chi connectivity index (χ4n) is 4.46. The van der Waals surface area contributed by atoms with Gasteiger partial charge in [0.15, 0.2) is 0 Å². The van der Waals surface area contributed by atoms with Gasteiger partial charge in [-0.25, -0.2) is 4.79 Å². The summed E-state index contributed by atoms with van der Waals surface area (Å²) in [6.07, 6.45) is 7.65. The summed E-state index contributed by atoms with van der Waals surface area (Å²) in [6, 6.07) is 14.9. The fourth-order valence-corrected chi connectivity index (χ4v) is 7.75. The highest BCUT2D eigenvalue weighted by molar-refractivity contribution is 9.10. The molecule has 210 valence electrons. The third kappa shape index (κ3) is 8.14. The summed E-state index contributed by atoms with van der Waals surface area (Å²) in [7, 11) is 3.95. The van der Waals surface area contributed by atoms with E-state index in [9.17, 15) is 9.59 Å². The molecule has 5 rings (SSSR count). The first kappa shape index (κ1) is 28.8. The monoisotopic (exact) mass is 642 g/mol. The van der Waals surface area contributed by atoms with Crippen molar-refractivity contribution in [2.45, 2.75) is 56.9 Å². The highest BCUT2D eigenvalue weighted by Crippen LogP contribution is 2.39. The number of aryl methyl sites for hydroxylation is 1. The smallest absolute Gasteiger partial charge is 0.344 e. The van der Waals surface area contributed by atoms with E-state index in [1.54, 1.807) is 10.7 Å². The molecule has 1 aliphatic heterocycles. The lowest BCUT2D eigenvalue weighted by Crippen LogP contribution is -2.22. The number of ether oxygens (including phenoxy) is 1. The Kier molecular flexibility index (Phi) is 10.2. The number of carbonyl (C=O) groups excluding carboxylic acids is 1. The number of hydrogen-bond acceptors (Lipinski definition) is 8. The first-order valence-corrected chi connectivity index (χ1v) is 16.6. The summed E-state index contributed by atoms with van der Waals surface area (Å²) >= 11 is 3.41. The lowest BCUT2D eigenvalue weighted by molar-refractivity contribution is -0.121. The van der Waals surface area contributed by atoms with Crippen LogP contribution in [0.2, 0.25) is 0 Å². The zero-order valence-corrected chi connectivity index (χ0v) is 25.2. The number of benzene rings is 2. The Balaban J connectivity index is 1.03. The van der Waals surface area contributed by atoms with Crippen LogP contribution < -0.4 is 15.7 Å². The van der Waals surface area contributed by atoms with Gasteiger partial charge in [0.1, 0.15) is 17.0 Å². The topological polar surface area (TPSA) is 99.2 Å². The molecule has 1 saturated heterocycles. The SMILES string of the molecule is O=C(CCCCC1CCSS1)NCc1cn(CCCOc2ccc3cc(-c4ccc(Br)cc4)c(=O)oc3c2)nn1. The van der Waals surface area contributed by atoms with Crippen molar-refractivity contribution in [3.05, 3.63) is 75.3 Å². The van der Waals surface area contributed by atoms with Crippen molar-refractivity contribution < 1.29 is 13.9 Å². The van der Waals surface area contributed by atoms with Gasteiger partial charge in [0.2, 0.25) is 5.91 Å². The van der Waals surface area contributed by atoms with Crippen LogP contribution in [0.4, 0.5) is 0 Å². The zero-order valence-electron chi connectivity index (χ0n) is 22.0. The van der Waals surface area contributed by atoms with Crippen LogP contribution >= 0.6 is 37.5 Å². The molecule has 0 bridgehead atoms. The minimum absolute atomic E-state index is 0.0622. The number of nitrogens with one attached hydrogen (secondary N) is 1. The van der Waals surface area contributed by atoms with E-state index >= 15 is 0 Å². The Morgan fingerprint density at radius 3 is 2.85 bits per heavy atom. The van der Waals surface area contributed by atoms with Gasteiger partial charge in [0.05, 0.1) is 24.9 Å². The predicted octanol–water partition coefficient (Wildman–Crippen LogP) is 6.61. The van der Waals surface area contributed by atoms with Gasteiger partial charge in [-0.05, 0) is 55.2 Å². The van der Waals surface area contributed by atoms with Crippen molar-refractivity contribution in [3.8, 4) is 16.9 Å². The normalized spacial score (nSPS) is 15.0. The number of nitrogens with zero attached hydrogens (tertiary/aromatic N) is 3. The second-order valence-electron chi connectivity index (χ2n) is 9.68. The molecule has 2 aromatic carbocycles. The molecule has 1 aliphatic rings. The van der Waals surface area contributed by atoms with Gasteiger partial charge in [-0.1, -0.05) is 61.3 Å². The van der Waals surface area contributed by atoms with E-state index in [-0.39, 0.29) is 11.5 Å². The summed E-state index contributed by atoms with van der Waals surface area (Å²) in [5.41, 5.74) is 2.16. The lowest BCUT2D eigenvalue weighted by Gasteiger charge is -2.08. The van der Waals surface area contributed by atoms with E-state index < -0.39 is 0 Å². The molecule has 1 unspecified atom stereocenters. The number of carbonyl (C=O) groups is 1. The average Bonchev–Trinajstić information content (AvgIpc) is 3.65. The maximum Gasteiger partial charge on any atom is 0.344 e. The second kappa shape index (κ2) is 14.2. The third-order valence-corrected chi connectivity index (χ3v) is 10.2. The molecule has 1 fully saturated rings. The van der Waals surface area contributed by atoms with Gasteiger partial charge in [0.25, 0.3) is 0 Å². The molecule has 0 saturated carbocycles. The summed E-state index contributed by atoms with van der Waals surface area (Å²) in [4.78, 5) is 24.7. The van der Waals surface area contributed by atoms with Crippen LogP contribution in [0.5, 0.6) is 5.75 Å². The van der Waals surface area contributed by atoms with Gasteiger partial charge < -0.3 is 14.5 Å². The quantitative estimate of drug-likeness (QED) is 0.0987. The van der Waals surface area contributed by atoms with Gasteiger partial charge >= 0.3 is 5.63 Å². The Labute approximate surface area is 249 Å². The van der Waals surface area contributed by atoms with Crippen LogP contribution in [-0.2, 0) is 17.9 Å². The standard InChI is InChI=1S/C29H31BrN4O4S2/c30-22-9-6-20(7-10-22)26-16-21-8-11-24(17-27(21)38-29(26)36)37-14-3-13-34-19-23(32-33-34)18-31-28(35)5-2-1-4-25-12-15-39-40-25/h6-11,16-17,19,25H,1-5,12-15,18H2,(H,31,35). The van der Waals surface area contributed by atoms with E-state index in [4.69, 9.17) is 9.15 Å². The summed E-state index contributed by atoms with van der Waals surface area (Å²) < 4.78 is 14.2. The average molecular weight is 644 g/mol. The molecule has 3 heterocycles. The van der Waals surface area contributed by atoms with Crippen molar-refractivity contribution in [2.24, 2.45) is 0 Å². The van der Waals surface area contributed by atoms with Crippen LogP contribution in [0.3, 0.4) is 0 Å². The lowest BCUT2D eigenvalue weighted by atomic mass is 10.1. The minimum Gasteiger partial charge on any atom is -0.493 e. The van der Waals surface area contributed by atoms with Crippen molar-refractivity contribution in [1.82, 2.24) is 20.3 Å². The van der Waals surface area contributed by atoms with Gasteiger partial charge in [-0.3, -0.25) is 9.48 Å².